The van der Waals surface area contributed by atoms with E-state index < -0.39 is 0 Å². The van der Waals surface area contributed by atoms with Crippen LogP contribution in [0.3, 0.4) is 0 Å². The van der Waals surface area contributed by atoms with Gasteiger partial charge in [-0.1, -0.05) is 0 Å². The Labute approximate surface area is 78.5 Å². The van der Waals surface area contributed by atoms with Gasteiger partial charge in [0.25, 0.3) is 0 Å². The highest BCUT2D eigenvalue weighted by molar-refractivity contribution is 5.75. The fraction of sp³-hybridized carbons (Fsp3) is 0.889. The first kappa shape index (κ1) is 8.81. The lowest BCUT2D eigenvalue weighted by Gasteiger charge is -2.28. The quantitative estimate of drug-likeness (QED) is 0.613. The molecule has 0 aromatic rings. The van der Waals surface area contributed by atoms with E-state index in [1.54, 1.807) is 0 Å². The summed E-state index contributed by atoms with van der Waals surface area (Å²) in [4.78, 5) is 13.4. The molecule has 0 spiro atoms. The number of carbonyl (C=O) groups excluding carboxylic acids is 1. The van der Waals surface area contributed by atoms with Gasteiger partial charge in [0.15, 0.2) is 0 Å². The van der Waals surface area contributed by atoms with E-state index in [9.17, 15) is 4.79 Å². The number of amides is 2. The van der Waals surface area contributed by atoms with E-state index in [-0.39, 0.29) is 12.1 Å². The molecule has 2 fully saturated rings. The molecule has 2 rings (SSSR count). The molecular weight excluding hydrogens is 166 g/mol. The highest BCUT2D eigenvalue weighted by Crippen LogP contribution is 2.18. The largest absolute Gasteiger partial charge is 0.335 e. The van der Waals surface area contributed by atoms with Gasteiger partial charge in [-0.25, -0.2) is 4.79 Å². The molecular formula is C9H17N3O. The summed E-state index contributed by atoms with van der Waals surface area (Å²) in [6.45, 7) is 1.54. The summed E-state index contributed by atoms with van der Waals surface area (Å²) in [6, 6.07) is 0.703. The second kappa shape index (κ2) is 3.54. The molecule has 0 bridgehead atoms. The van der Waals surface area contributed by atoms with Crippen LogP contribution >= 0.6 is 0 Å². The lowest BCUT2D eigenvalue weighted by Crippen LogP contribution is -2.47. The van der Waals surface area contributed by atoms with Crippen molar-refractivity contribution in [1.29, 1.82) is 0 Å². The van der Waals surface area contributed by atoms with Crippen molar-refractivity contribution in [2.24, 2.45) is 5.73 Å². The molecule has 1 aliphatic carbocycles. The molecule has 1 saturated carbocycles. The topological polar surface area (TPSA) is 58.4 Å². The summed E-state index contributed by atoms with van der Waals surface area (Å²) in [5, 5.41) is 3.01. The molecule has 2 aliphatic rings. The SMILES string of the molecule is N[C@H]1CCN(C(=O)NC2CCC2)C1. The summed E-state index contributed by atoms with van der Waals surface area (Å²) in [7, 11) is 0. The monoisotopic (exact) mass is 183 g/mol. The summed E-state index contributed by atoms with van der Waals surface area (Å²) < 4.78 is 0. The maximum Gasteiger partial charge on any atom is 0.317 e. The second-order valence-electron chi connectivity index (χ2n) is 4.07. The first-order valence-electron chi connectivity index (χ1n) is 5.07. The van der Waals surface area contributed by atoms with Crippen molar-refractivity contribution in [3.63, 3.8) is 0 Å². The molecule has 0 unspecified atom stereocenters. The molecule has 13 heavy (non-hydrogen) atoms. The number of carbonyl (C=O) groups is 1. The lowest BCUT2D eigenvalue weighted by molar-refractivity contribution is 0.196. The van der Waals surface area contributed by atoms with Gasteiger partial charge in [-0.2, -0.15) is 0 Å². The fourth-order valence-electron chi connectivity index (χ4n) is 1.79. The standard InChI is InChI=1S/C9H17N3O/c10-7-4-5-12(6-7)9(13)11-8-2-1-3-8/h7-8H,1-6,10H2,(H,11,13)/t7-/m0/s1. The van der Waals surface area contributed by atoms with Gasteiger partial charge in [-0.3, -0.25) is 0 Å². The second-order valence-corrected chi connectivity index (χ2v) is 4.07. The zero-order valence-electron chi connectivity index (χ0n) is 7.83. The van der Waals surface area contributed by atoms with E-state index in [2.05, 4.69) is 5.32 Å². The first-order valence-corrected chi connectivity index (χ1v) is 5.07. The Balaban J connectivity index is 1.76. The molecule has 4 heteroatoms. The van der Waals surface area contributed by atoms with Crippen molar-refractivity contribution in [1.82, 2.24) is 10.2 Å². The molecule has 0 aromatic heterocycles. The number of hydrogen-bond donors (Lipinski definition) is 2. The zero-order valence-corrected chi connectivity index (χ0v) is 7.83. The van der Waals surface area contributed by atoms with Crippen molar-refractivity contribution in [3.8, 4) is 0 Å². The van der Waals surface area contributed by atoms with Gasteiger partial charge >= 0.3 is 6.03 Å². The van der Waals surface area contributed by atoms with Crippen LogP contribution in [0.4, 0.5) is 4.79 Å². The molecule has 0 radical (unpaired) electrons. The van der Waals surface area contributed by atoms with Crippen LogP contribution in [0, 0.1) is 0 Å². The number of nitrogens with two attached hydrogens (primary N) is 1. The Morgan fingerprint density at radius 1 is 1.38 bits per heavy atom. The summed E-state index contributed by atoms with van der Waals surface area (Å²) in [5.41, 5.74) is 5.72. The molecule has 3 N–H and O–H groups in total. The van der Waals surface area contributed by atoms with Crippen LogP contribution in [-0.4, -0.2) is 36.1 Å². The van der Waals surface area contributed by atoms with Gasteiger partial charge in [0, 0.05) is 25.2 Å². The number of urea groups is 1. The normalized spacial score (nSPS) is 28.7. The van der Waals surface area contributed by atoms with Crippen molar-refractivity contribution in [2.75, 3.05) is 13.1 Å². The van der Waals surface area contributed by atoms with E-state index in [1.807, 2.05) is 4.90 Å². The third kappa shape index (κ3) is 1.94. The minimum atomic E-state index is 0.0812. The van der Waals surface area contributed by atoms with E-state index in [1.165, 1.54) is 6.42 Å². The van der Waals surface area contributed by atoms with Gasteiger partial charge in [-0.05, 0) is 25.7 Å². The van der Waals surface area contributed by atoms with Crippen LogP contribution in [0.1, 0.15) is 25.7 Å². The van der Waals surface area contributed by atoms with Gasteiger partial charge in [-0.15, -0.1) is 0 Å². The molecule has 1 aliphatic heterocycles. The predicted molar refractivity (Wildman–Crippen MR) is 50.3 cm³/mol. The van der Waals surface area contributed by atoms with Crippen LogP contribution in [0.2, 0.25) is 0 Å². The summed E-state index contributed by atoms with van der Waals surface area (Å²) in [6.07, 6.45) is 4.49. The fourth-order valence-corrected chi connectivity index (χ4v) is 1.79. The minimum Gasteiger partial charge on any atom is -0.335 e. The first-order chi connectivity index (χ1) is 6.25. The van der Waals surface area contributed by atoms with Crippen molar-refractivity contribution >= 4 is 6.03 Å². The van der Waals surface area contributed by atoms with Crippen LogP contribution in [-0.2, 0) is 0 Å². The van der Waals surface area contributed by atoms with Crippen LogP contribution in [0.15, 0.2) is 0 Å². The third-order valence-corrected chi connectivity index (χ3v) is 2.94. The van der Waals surface area contributed by atoms with Crippen LogP contribution in [0.5, 0.6) is 0 Å². The Hall–Kier alpha value is -0.770. The zero-order chi connectivity index (χ0) is 9.26. The number of likely N-dealkylation sites (tertiary alicyclic amines) is 1. The molecule has 1 saturated heterocycles. The van der Waals surface area contributed by atoms with Gasteiger partial charge in [0.2, 0.25) is 0 Å². The highest BCUT2D eigenvalue weighted by atomic mass is 16.2. The molecule has 1 heterocycles. The Kier molecular flexibility index (Phi) is 2.40. The van der Waals surface area contributed by atoms with Gasteiger partial charge in [0.1, 0.15) is 0 Å². The minimum absolute atomic E-state index is 0.0812. The number of nitrogens with one attached hydrogen (secondary N) is 1. The third-order valence-electron chi connectivity index (χ3n) is 2.94. The maximum atomic E-state index is 11.6. The predicted octanol–water partition coefficient (Wildman–Crippen LogP) is 0.281. The molecule has 1 atom stereocenters. The van der Waals surface area contributed by atoms with Crippen LogP contribution < -0.4 is 11.1 Å². The van der Waals surface area contributed by atoms with E-state index >= 15 is 0 Å². The average Bonchev–Trinajstić information content (AvgIpc) is 2.44. The smallest absolute Gasteiger partial charge is 0.317 e. The summed E-state index contributed by atoms with van der Waals surface area (Å²) >= 11 is 0. The number of rotatable bonds is 1. The van der Waals surface area contributed by atoms with Gasteiger partial charge < -0.3 is 16.0 Å². The molecule has 0 aromatic carbocycles. The number of hydrogen-bond acceptors (Lipinski definition) is 2. The average molecular weight is 183 g/mol. The van der Waals surface area contributed by atoms with Crippen molar-refractivity contribution < 1.29 is 4.79 Å². The van der Waals surface area contributed by atoms with E-state index in [0.29, 0.717) is 6.04 Å². The lowest BCUT2D eigenvalue weighted by atomic mass is 9.93. The molecule has 4 nitrogen and oxygen atoms in total. The summed E-state index contributed by atoms with van der Waals surface area (Å²) in [5.74, 6) is 0. The maximum absolute atomic E-state index is 11.6. The van der Waals surface area contributed by atoms with E-state index in [0.717, 1.165) is 32.4 Å². The van der Waals surface area contributed by atoms with E-state index in [4.69, 9.17) is 5.73 Å². The Morgan fingerprint density at radius 2 is 2.15 bits per heavy atom. The van der Waals surface area contributed by atoms with Crippen molar-refractivity contribution in [2.45, 2.75) is 37.8 Å². The molecule has 74 valence electrons. The number of nitrogens with zero attached hydrogens (tertiary/aromatic N) is 1. The Bertz CT molecular complexity index is 203. The van der Waals surface area contributed by atoms with Gasteiger partial charge in [0.05, 0.1) is 0 Å². The molecule has 2 amide bonds. The van der Waals surface area contributed by atoms with Crippen LogP contribution in [0.25, 0.3) is 0 Å². The Morgan fingerprint density at radius 3 is 2.62 bits per heavy atom. The van der Waals surface area contributed by atoms with Crippen molar-refractivity contribution in [3.05, 3.63) is 0 Å². The highest BCUT2D eigenvalue weighted by Gasteiger charge is 2.26.